The zero-order valence-corrected chi connectivity index (χ0v) is 63.8. The standard InChI is InChI=1S/C38H28N2O.C38H26N2O.C32H20N2O/c1-3-11-25(12-4-1)33-24-34(26-13-5-2-6-14-26)40-38(39-33)28-16-9-15-27(23-28)29-21-22-36-37-31(29)18-10-19-32(37)30-17-7-8-20-35(30)41-36;1-3-10-26(11-4-1)33-24-34(27-12-5-2-6-13-27)40-38(39-33)28-20-18-25(19-21-28)29-22-23-36-37-31(29)15-9-16-32(37)30-14-7-8-17-35(30)41-36;1-3-10-21(11-4-1)31-27(20-33-32(34-31)22-12-5-2-6-13-22)23-18-19-29-30-25(23)15-9-16-26(30)24-14-7-8-17-28(24)35-29/h1-5,7-13,15-23,33H,6,14,24H2;1-24,31,37H;1-20H. The summed E-state index contributed by atoms with van der Waals surface area (Å²) in [6.07, 6.45) is 22.6. The topological polar surface area (TPSA) is 104 Å². The molecule has 4 aliphatic heterocycles. The number of para-hydroxylation sites is 3. The van der Waals surface area contributed by atoms with Crippen LogP contribution in [0.5, 0.6) is 28.7 Å². The van der Waals surface area contributed by atoms with Crippen LogP contribution in [0.15, 0.2) is 416 Å². The number of hydrogen-bond acceptors (Lipinski definition) is 9. The van der Waals surface area contributed by atoms with E-state index in [4.69, 9.17) is 44.1 Å². The van der Waals surface area contributed by atoms with Crippen molar-refractivity contribution in [1.29, 1.82) is 0 Å². The Morgan fingerprint density at radius 3 is 1.50 bits per heavy atom. The van der Waals surface area contributed by atoms with Crippen molar-refractivity contribution in [3.8, 4) is 130 Å². The SMILES string of the molecule is C1=CC2C(c3ccc(-c4nc(-c5ccccc5)cc(-c5ccccc5)n4)cc3)=CC=C3Oc4ccccc4C(=C1)C32.C1=CCCC(C2=NC(c3cccc(-c4ccc5c6c(cccc46)-c4ccccc4O5)c3)=NC(c3ccccc3)C2)=C1.c1ccc(-c2ncc(-c3ccc4c5c(cccc35)-c3ccccc3O4)c(-c3ccccc3)n2)cc1. The Kier molecular flexibility index (Phi) is 18.2. The van der Waals surface area contributed by atoms with Gasteiger partial charge in [0.15, 0.2) is 17.5 Å². The number of aromatic nitrogens is 4. The number of fused-ring (bicyclic) bond motifs is 6. The summed E-state index contributed by atoms with van der Waals surface area (Å²) >= 11 is 0. The van der Waals surface area contributed by atoms with Gasteiger partial charge in [0.25, 0.3) is 0 Å². The zero-order valence-electron chi connectivity index (χ0n) is 63.8. The Labute approximate surface area is 679 Å². The number of aliphatic imine (C=N–C) groups is 2. The van der Waals surface area contributed by atoms with Gasteiger partial charge in [-0.15, -0.1) is 0 Å². The molecule has 117 heavy (non-hydrogen) atoms. The van der Waals surface area contributed by atoms with Gasteiger partial charge in [-0.3, -0.25) is 4.99 Å². The van der Waals surface area contributed by atoms with Crippen LogP contribution in [0.4, 0.5) is 0 Å². The normalized spacial score (nSPS) is 15.9. The van der Waals surface area contributed by atoms with Crippen LogP contribution in [0, 0.1) is 11.8 Å². The van der Waals surface area contributed by atoms with E-state index in [9.17, 15) is 0 Å². The third kappa shape index (κ3) is 13.4. The molecule has 0 saturated carbocycles. The minimum absolute atomic E-state index is 0.0481. The van der Waals surface area contributed by atoms with Crippen molar-refractivity contribution < 1.29 is 14.2 Å². The van der Waals surface area contributed by atoms with Crippen molar-refractivity contribution in [3.63, 3.8) is 0 Å². The van der Waals surface area contributed by atoms with Crippen LogP contribution in [-0.4, -0.2) is 31.5 Å². The maximum atomic E-state index is 6.35. The largest absolute Gasteiger partial charge is 0.460 e. The molecule has 9 nitrogen and oxygen atoms in total. The molecule has 0 saturated heterocycles. The number of nitrogens with zero attached hydrogens (tertiary/aromatic N) is 6. The monoisotopic (exact) mass is 1500 g/mol. The van der Waals surface area contributed by atoms with Crippen LogP contribution >= 0.6 is 0 Å². The number of benzene rings is 14. The number of rotatable bonds is 11. The highest BCUT2D eigenvalue weighted by molar-refractivity contribution is 6.16. The summed E-state index contributed by atoms with van der Waals surface area (Å²) < 4.78 is 19.0. The van der Waals surface area contributed by atoms with Gasteiger partial charge >= 0.3 is 0 Å². The van der Waals surface area contributed by atoms with Gasteiger partial charge in [-0.05, 0) is 134 Å². The highest BCUT2D eigenvalue weighted by Crippen LogP contribution is 2.54. The van der Waals surface area contributed by atoms with Gasteiger partial charge in [0.05, 0.1) is 29.0 Å². The van der Waals surface area contributed by atoms with E-state index in [2.05, 4.69) is 273 Å². The van der Waals surface area contributed by atoms with Crippen LogP contribution in [0.1, 0.15) is 47.6 Å². The first-order valence-corrected chi connectivity index (χ1v) is 40.0. The minimum Gasteiger partial charge on any atom is -0.460 e. The number of allylic oxidation sites excluding steroid dienone is 11. The lowest BCUT2D eigenvalue weighted by atomic mass is 9.69. The molecule has 9 heteroatoms. The van der Waals surface area contributed by atoms with Gasteiger partial charge in [-0.2, -0.15) is 0 Å². The van der Waals surface area contributed by atoms with Crippen molar-refractivity contribution in [2.24, 2.45) is 21.8 Å². The maximum Gasteiger partial charge on any atom is 0.160 e. The molecule has 0 amide bonds. The van der Waals surface area contributed by atoms with Crippen molar-refractivity contribution >= 4 is 44.2 Å². The van der Waals surface area contributed by atoms with E-state index in [0.29, 0.717) is 5.82 Å². The van der Waals surface area contributed by atoms with Crippen LogP contribution in [0.3, 0.4) is 0 Å². The third-order valence-electron chi connectivity index (χ3n) is 23.0. The molecule has 3 unspecified atom stereocenters. The van der Waals surface area contributed by atoms with Crippen molar-refractivity contribution in [3.05, 3.63) is 428 Å². The van der Waals surface area contributed by atoms with Gasteiger partial charge in [-0.1, -0.05) is 334 Å². The predicted octanol–water partition coefficient (Wildman–Crippen LogP) is 27.3. The number of hydrogen-bond donors (Lipinski definition) is 0. The van der Waals surface area contributed by atoms with E-state index in [1.165, 1.54) is 55.5 Å². The summed E-state index contributed by atoms with van der Waals surface area (Å²) in [5.74, 6) is 8.17. The average Bonchev–Trinajstić information content (AvgIpc) is 0.746. The Morgan fingerprint density at radius 1 is 0.333 bits per heavy atom. The van der Waals surface area contributed by atoms with E-state index >= 15 is 0 Å². The zero-order chi connectivity index (χ0) is 77.5. The fourth-order valence-corrected chi connectivity index (χ4v) is 17.4. The molecule has 554 valence electrons. The first-order chi connectivity index (χ1) is 58.0. The summed E-state index contributed by atoms with van der Waals surface area (Å²) in [6, 6.07) is 117. The molecular formula is C108H74N6O3. The molecule has 0 fully saturated rings. The van der Waals surface area contributed by atoms with E-state index in [-0.39, 0.29) is 17.9 Å². The molecule has 6 heterocycles. The Morgan fingerprint density at radius 2 is 0.863 bits per heavy atom. The lowest BCUT2D eigenvalue weighted by Gasteiger charge is -2.39. The Bertz CT molecular complexity index is 6810. The minimum atomic E-state index is 0.0481. The van der Waals surface area contributed by atoms with Gasteiger partial charge in [-0.25, -0.2) is 24.9 Å². The van der Waals surface area contributed by atoms with Crippen molar-refractivity contribution in [2.75, 3.05) is 0 Å². The van der Waals surface area contributed by atoms with Crippen LogP contribution in [0.25, 0.3) is 134 Å². The van der Waals surface area contributed by atoms with Crippen LogP contribution in [0.2, 0.25) is 0 Å². The smallest absolute Gasteiger partial charge is 0.160 e. The molecule has 3 aliphatic carbocycles. The first-order valence-electron chi connectivity index (χ1n) is 40.0. The fourth-order valence-electron chi connectivity index (χ4n) is 17.4. The van der Waals surface area contributed by atoms with Gasteiger partial charge in [0, 0.05) is 90.7 Å². The van der Waals surface area contributed by atoms with E-state index in [1.807, 2.05) is 121 Å². The Balaban J connectivity index is 0.000000110. The first kappa shape index (κ1) is 69.9. The van der Waals surface area contributed by atoms with Gasteiger partial charge in [0.2, 0.25) is 0 Å². The molecule has 23 rings (SSSR count). The quantitative estimate of drug-likeness (QED) is 0.127. The van der Waals surface area contributed by atoms with E-state index < -0.39 is 0 Å². The molecule has 14 aromatic carbocycles. The van der Waals surface area contributed by atoms with Gasteiger partial charge in [0.1, 0.15) is 34.5 Å². The fraction of sp³-hybridized carbons (Fsp3) is 0.0556. The molecule has 0 bridgehead atoms. The maximum absolute atomic E-state index is 6.35. The second-order valence-corrected chi connectivity index (χ2v) is 30.0. The highest BCUT2D eigenvalue weighted by atomic mass is 16.5. The van der Waals surface area contributed by atoms with Gasteiger partial charge < -0.3 is 14.2 Å². The molecule has 7 aliphatic rings. The number of amidine groups is 1. The summed E-state index contributed by atoms with van der Waals surface area (Å²) in [5.41, 5.74) is 26.7. The summed E-state index contributed by atoms with van der Waals surface area (Å²) in [5, 5.41) is 4.59. The Hall–Kier alpha value is -15.1. The molecule has 2 aromatic heterocycles. The highest BCUT2D eigenvalue weighted by Gasteiger charge is 2.40. The lowest BCUT2D eigenvalue weighted by Crippen LogP contribution is -2.28. The van der Waals surface area contributed by atoms with Crippen LogP contribution in [-0.2, 0) is 0 Å². The molecular weight excluding hydrogens is 1430 g/mol. The molecule has 0 N–H and O–H groups in total. The van der Waals surface area contributed by atoms with Crippen molar-refractivity contribution in [2.45, 2.75) is 25.3 Å². The van der Waals surface area contributed by atoms with E-state index in [1.54, 1.807) is 0 Å². The molecule has 0 radical (unpaired) electrons. The predicted molar refractivity (Wildman–Crippen MR) is 476 cm³/mol. The molecule has 3 atom stereocenters. The van der Waals surface area contributed by atoms with Crippen molar-refractivity contribution in [1.82, 2.24) is 19.9 Å². The molecule has 0 spiro atoms. The third-order valence-corrected chi connectivity index (χ3v) is 23.0. The lowest BCUT2D eigenvalue weighted by molar-refractivity contribution is 0.343. The second-order valence-electron chi connectivity index (χ2n) is 30.0. The van der Waals surface area contributed by atoms with E-state index in [0.717, 1.165) is 166 Å². The summed E-state index contributed by atoms with van der Waals surface area (Å²) in [4.78, 5) is 30.2. The second kappa shape index (κ2) is 30.5. The number of ether oxygens (including phenoxy) is 3. The van der Waals surface area contributed by atoms with Crippen LogP contribution < -0.4 is 14.2 Å². The summed E-state index contributed by atoms with van der Waals surface area (Å²) in [7, 11) is 0. The average molecular weight is 1500 g/mol. The summed E-state index contributed by atoms with van der Waals surface area (Å²) in [6.45, 7) is 0. The molecule has 16 aromatic rings.